The SMILES string of the molecule is Cc1ccccc1OCC1(C[N+](C)(C)C)COC1. The lowest BCUT2D eigenvalue weighted by molar-refractivity contribution is -0.879. The molecule has 3 heteroatoms. The van der Waals surface area contributed by atoms with Crippen LogP contribution < -0.4 is 4.74 Å². The number of hydrogen-bond donors (Lipinski definition) is 0. The Morgan fingerprint density at radius 3 is 2.39 bits per heavy atom. The summed E-state index contributed by atoms with van der Waals surface area (Å²) in [6.07, 6.45) is 0. The third-order valence-corrected chi connectivity index (χ3v) is 3.25. The maximum atomic E-state index is 6.00. The van der Waals surface area contributed by atoms with Gasteiger partial charge in [0.1, 0.15) is 12.4 Å². The normalized spacial score (nSPS) is 18.2. The fraction of sp³-hybridized carbons (Fsp3) is 0.600. The molecule has 0 radical (unpaired) electrons. The highest BCUT2D eigenvalue weighted by Crippen LogP contribution is 2.31. The van der Waals surface area contributed by atoms with Gasteiger partial charge < -0.3 is 14.0 Å². The first-order valence-electron chi connectivity index (χ1n) is 6.47. The van der Waals surface area contributed by atoms with Gasteiger partial charge in [0.15, 0.2) is 0 Å². The van der Waals surface area contributed by atoms with Crippen molar-refractivity contribution in [2.24, 2.45) is 5.41 Å². The first-order chi connectivity index (χ1) is 8.40. The predicted octanol–water partition coefficient (Wildman–Crippen LogP) is 2.10. The molecule has 100 valence electrons. The summed E-state index contributed by atoms with van der Waals surface area (Å²) in [7, 11) is 6.65. The van der Waals surface area contributed by atoms with Crippen molar-refractivity contribution in [3.8, 4) is 5.75 Å². The van der Waals surface area contributed by atoms with E-state index in [1.807, 2.05) is 18.2 Å². The molecular weight excluding hydrogens is 226 g/mol. The summed E-state index contributed by atoms with van der Waals surface area (Å²) in [5, 5.41) is 0. The minimum absolute atomic E-state index is 0.181. The van der Waals surface area contributed by atoms with Gasteiger partial charge in [0.25, 0.3) is 0 Å². The molecule has 0 unspecified atom stereocenters. The Bertz CT molecular complexity index is 405. The van der Waals surface area contributed by atoms with Gasteiger partial charge >= 0.3 is 0 Å². The van der Waals surface area contributed by atoms with E-state index >= 15 is 0 Å². The van der Waals surface area contributed by atoms with Gasteiger partial charge in [-0.2, -0.15) is 0 Å². The summed E-state index contributed by atoms with van der Waals surface area (Å²) in [6, 6.07) is 8.18. The van der Waals surface area contributed by atoms with Gasteiger partial charge in [-0.15, -0.1) is 0 Å². The molecule has 1 heterocycles. The third-order valence-electron chi connectivity index (χ3n) is 3.25. The number of hydrogen-bond acceptors (Lipinski definition) is 2. The summed E-state index contributed by atoms with van der Waals surface area (Å²) in [6.45, 7) is 5.54. The zero-order valence-electron chi connectivity index (χ0n) is 11.9. The largest absolute Gasteiger partial charge is 0.492 e. The minimum atomic E-state index is 0.181. The molecule has 1 aliphatic heterocycles. The Balaban J connectivity index is 1.98. The number of aryl methyl sites for hydroxylation is 1. The molecular formula is C15H24NO2+. The van der Waals surface area contributed by atoms with Gasteiger partial charge in [-0.1, -0.05) is 18.2 Å². The summed E-state index contributed by atoms with van der Waals surface area (Å²) >= 11 is 0. The van der Waals surface area contributed by atoms with Crippen LogP contribution in [0.25, 0.3) is 0 Å². The topological polar surface area (TPSA) is 18.5 Å². The minimum Gasteiger partial charge on any atom is -0.492 e. The number of para-hydroxylation sites is 1. The second-order valence-electron chi connectivity index (χ2n) is 6.50. The van der Waals surface area contributed by atoms with E-state index in [0.29, 0.717) is 0 Å². The van der Waals surface area contributed by atoms with Gasteiger partial charge in [0.05, 0.1) is 46.3 Å². The Morgan fingerprint density at radius 1 is 1.22 bits per heavy atom. The number of quaternary nitrogens is 1. The molecule has 1 fully saturated rings. The van der Waals surface area contributed by atoms with Gasteiger partial charge in [0, 0.05) is 0 Å². The lowest BCUT2D eigenvalue weighted by Crippen LogP contribution is -2.57. The Morgan fingerprint density at radius 2 is 1.89 bits per heavy atom. The number of nitrogens with zero attached hydrogens (tertiary/aromatic N) is 1. The average molecular weight is 250 g/mol. The highest BCUT2D eigenvalue weighted by Gasteiger charge is 2.44. The van der Waals surface area contributed by atoms with Crippen LogP contribution in [0.5, 0.6) is 5.75 Å². The molecule has 18 heavy (non-hydrogen) atoms. The summed E-state index contributed by atoms with van der Waals surface area (Å²) in [4.78, 5) is 0. The van der Waals surface area contributed by atoms with E-state index in [2.05, 4.69) is 34.1 Å². The van der Waals surface area contributed by atoms with E-state index in [-0.39, 0.29) is 5.41 Å². The number of rotatable bonds is 5. The van der Waals surface area contributed by atoms with Crippen molar-refractivity contribution in [1.29, 1.82) is 0 Å². The molecule has 1 aliphatic rings. The standard InChI is InChI=1S/C15H24NO2/c1-13-7-5-6-8-14(13)18-12-15(10-17-11-15)9-16(2,3)4/h5-8H,9-12H2,1-4H3/q+1. The zero-order chi connectivity index (χ0) is 13.2. The Labute approximate surface area is 110 Å². The lowest BCUT2D eigenvalue weighted by atomic mass is 9.86. The van der Waals surface area contributed by atoms with Gasteiger partial charge in [-0.25, -0.2) is 0 Å². The smallest absolute Gasteiger partial charge is 0.122 e. The third kappa shape index (κ3) is 3.24. The monoisotopic (exact) mass is 250 g/mol. The molecule has 0 aliphatic carbocycles. The predicted molar refractivity (Wildman–Crippen MR) is 72.8 cm³/mol. The second kappa shape index (κ2) is 4.90. The van der Waals surface area contributed by atoms with Crippen LogP contribution in [0.3, 0.4) is 0 Å². The van der Waals surface area contributed by atoms with Crippen molar-refractivity contribution < 1.29 is 14.0 Å². The number of benzene rings is 1. The van der Waals surface area contributed by atoms with Crippen molar-refractivity contribution in [2.45, 2.75) is 6.92 Å². The van der Waals surface area contributed by atoms with Crippen molar-refractivity contribution in [3.05, 3.63) is 29.8 Å². The molecule has 1 saturated heterocycles. The van der Waals surface area contributed by atoms with Crippen molar-refractivity contribution in [1.82, 2.24) is 0 Å². The maximum absolute atomic E-state index is 6.00. The fourth-order valence-corrected chi connectivity index (χ4v) is 2.57. The highest BCUT2D eigenvalue weighted by atomic mass is 16.5. The van der Waals surface area contributed by atoms with Crippen molar-refractivity contribution in [3.63, 3.8) is 0 Å². The summed E-state index contributed by atoms with van der Waals surface area (Å²) in [5.74, 6) is 0.991. The van der Waals surface area contributed by atoms with Gasteiger partial charge in [-0.05, 0) is 18.6 Å². The molecule has 1 aromatic carbocycles. The molecule has 0 atom stereocenters. The van der Waals surface area contributed by atoms with Crippen LogP contribution in [0.15, 0.2) is 24.3 Å². The molecule has 0 amide bonds. The van der Waals surface area contributed by atoms with Crippen molar-refractivity contribution in [2.75, 3.05) is 47.5 Å². The van der Waals surface area contributed by atoms with Crippen molar-refractivity contribution >= 4 is 0 Å². The average Bonchev–Trinajstić information content (AvgIpc) is 2.22. The summed E-state index contributed by atoms with van der Waals surface area (Å²) in [5.41, 5.74) is 1.37. The van der Waals surface area contributed by atoms with E-state index in [0.717, 1.165) is 36.6 Å². The molecule has 2 rings (SSSR count). The Kier molecular flexibility index (Phi) is 3.64. The first kappa shape index (κ1) is 13.4. The van der Waals surface area contributed by atoms with Crippen LogP contribution in [-0.2, 0) is 4.74 Å². The molecule has 0 saturated carbocycles. The lowest BCUT2D eigenvalue weighted by Gasteiger charge is -2.44. The first-order valence-corrected chi connectivity index (χ1v) is 6.47. The van der Waals surface area contributed by atoms with Crippen LogP contribution in [-0.4, -0.2) is 52.0 Å². The van der Waals surface area contributed by atoms with Gasteiger partial charge in [0.2, 0.25) is 0 Å². The van der Waals surface area contributed by atoms with E-state index < -0.39 is 0 Å². The molecule has 0 spiro atoms. The molecule has 3 nitrogen and oxygen atoms in total. The van der Waals surface area contributed by atoms with Crippen LogP contribution in [0.1, 0.15) is 5.56 Å². The molecule has 0 bridgehead atoms. The van der Waals surface area contributed by atoms with E-state index in [1.165, 1.54) is 5.56 Å². The zero-order valence-corrected chi connectivity index (χ0v) is 11.9. The second-order valence-corrected chi connectivity index (χ2v) is 6.50. The number of ether oxygens (including phenoxy) is 2. The molecule has 0 N–H and O–H groups in total. The summed E-state index contributed by atoms with van der Waals surface area (Å²) < 4.78 is 12.4. The molecule has 1 aromatic rings. The van der Waals surface area contributed by atoms with Crippen LogP contribution in [0, 0.1) is 12.3 Å². The van der Waals surface area contributed by atoms with Crippen LogP contribution in [0.4, 0.5) is 0 Å². The highest BCUT2D eigenvalue weighted by molar-refractivity contribution is 5.31. The Hall–Kier alpha value is -1.06. The maximum Gasteiger partial charge on any atom is 0.122 e. The molecule has 0 aromatic heterocycles. The van der Waals surface area contributed by atoms with Crippen LogP contribution in [0.2, 0.25) is 0 Å². The van der Waals surface area contributed by atoms with E-state index in [1.54, 1.807) is 0 Å². The van der Waals surface area contributed by atoms with E-state index in [4.69, 9.17) is 9.47 Å². The van der Waals surface area contributed by atoms with E-state index in [9.17, 15) is 0 Å². The fourth-order valence-electron chi connectivity index (χ4n) is 2.57. The van der Waals surface area contributed by atoms with Crippen LogP contribution >= 0.6 is 0 Å². The van der Waals surface area contributed by atoms with Gasteiger partial charge in [-0.3, -0.25) is 0 Å². The quantitative estimate of drug-likeness (QED) is 0.745.